The minimum atomic E-state index is -0.460. The van der Waals surface area contributed by atoms with Gasteiger partial charge in [0.05, 0.1) is 0 Å². The molecule has 0 aromatic rings. The van der Waals surface area contributed by atoms with Gasteiger partial charge in [-0.3, -0.25) is 9.59 Å². The summed E-state index contributed by atoms with van der Waals surface area (Å²) in [5, 5.41) is 5.64. The first-order valence-corrected chi connectivity index (χ1v) is 10.1. The Hall–Kier alpha value is -1.10. The van der Waals surface area contributed by atoms with Crippen LogP contribution in [0.5, 0.6) is 0 Å². The van der Waals surface area contributed by atoms with E-state index < -0.39 is 6.04 Å². The molecule has 0 spiro atoms. The van der Waals surface area contributed by atoms with Gasteiger partial charge < -0.3 is 16.4 Å². The molecule has 0 heterocycles. The molecule has 0 saturated carbocycles. The van der Waals surface area contributed by atoms with Gasteiger partial charge in [0.15, 0.2) is 0 Å². The van der Waals surface area contributed by atoms with Crippen LogP contribution in [0, 0.1) is 5.92 Å². The number of hydrogen-bond acceptors (Lipinski definition) is 3. The quantitative estimate of drug-likeness (QED) is 0.370. The second kappa shape index (κ2) is 16.4. The molecule has 0 bridgehead atoms. The number of hydrogen-bond donors (Lipinski definition) is 3. The summed E-state index contributed by atoms with van der Waals surface area (Å²) >= 11 is 0. The predicted molar refractivity (Wildman–Crippen MR) is 105 cm³/mol. The summed E-state index contributed by atoms with van der Waals surface area (Å²) in [5.74, 6) is 0.168. The maximum atomic E-state index is 12.1. The molecule has 1 atom stereocenters. The fraction of sp³-hybridized carbons (Fsp3) is 0.900. The van der Waals surface area contributed by atoms with Crippen LogP contribution in [-0.4, -0.2) is 30.9 Å². The molecule has 5 heteroatoms. The van der Waals surface area contributed by atoms with Crippen LogP contribution in [0.25, 0.3) is 0 Å². The van der Waals surface area contributed by atoms with Gasteiger partial charge in [-0.05, 0) is 18.8 Å². The number of unbranched alkanes of at least 4 members (excludes halogenated alkanes) is 8. The number of carbonyl (C=O) groups excluding carboxylic acids is 2. The largest absolute Gasteiger partial charge is 0.353 e. The molecule has 0 aromatic heterocycles. The third kappa shape index (κ3) is 14.9. The first kappa shape index (κ1) is 21.9. The lowest BCUT2D eigenvalue weighted by Crippen LogP contribution is -2.48. The number of carbonyl (C=O) groups is 2. The smallest absolute Gasteiger partial charge is 0.242 e. The van der Waals surface area contributed by atoms with Gasteiger partial charge >= 0.3 is 0 Å². The third-order valence-corrected chi connectivity index (χ3v) is 4.21. The number of nitrogens with two attached hydrogens (primary N) is 1. The van der Waals surface area contributed by atoms with E-state index in [1.165, 1.54) is 32.1 Å². The fourth-order valence-corrected chi connectivity index (χ4v) is 2.81. The van der Waals surface area contributed by atoms with Gasteiger partial charge in [-0.15, -0.1) is 0 Å². The van der Waals surface area contributed by atoms with Crippen LogP contribution in [0.4, 0.5) is 0 Å². The third-order valence-electron chi connectivity index (χ3n) is 4.21. The molecule has 5 nitrogen and oxygen atoms in total. The maximum absolute atomic E-state index is 12.1. The molecule has 0 aromatic carbocycles. The normalized spacial score (nSPS) is 12.7. The SMILES string of the molecule is [2H]CCCCCCCCCCCC(=O)N[C@@H](CC(C)C)C(=O)NCCN. The molecule has 0 unspecified atom stereocenters. The zero-order valence-electron chi connectivity index (χ0n) is 17.4. The first-order chi connectivity index (χ1) is 12.5. The second-order valence-corrected chi connectivity index (χ2v) is 7.26. The Labute approximate surface area is 156 Å². The van der Waals surface area contributed by atoms with Crippen LogP contribution in [0.1, 0.15) is 92.7 Å². The lowest BCUT2D eigenvalue weighted by Gasteiger charge is -2.20. The summed E-state index contributed by atoms with van der Waals surface area (Å²) in [6.45, 7) is 5.48. The first-order valence-electron chi connectivity index (χ1n) is 10.8. The average Bonchev–Trinajstić information content (AvgIpc) is 2.60. The van der Waals surface area contributed by atoms with Crippen molar-refractivity contribution in [2.45, 2.75) is 97.4 Å². The zero-order chi connectivity index (χ0) is 19.6. The Morgan fingerprint density at radius 3 is 2.16 bits per heavy atom. The van der Waals surface area contributed by atoms with Crippen molar-refractivity contribution in [3.05, 3.63) is 0 Å². The van der Waals surface area contributed by atoms with Crippen molar-refractivity contribution in [1.29, 1.82) is 0 Å². The monoisotopic (exact) mass is 356 g/mol. The predicted octanol–water partition coefficient (Wildman–Crippen LogP) is 3.51. The van der Waals surface area contributed by atoms with Crippen molar-refractivity contribution >= 4 is 11.8 Å². The van der Waals surface area contributed by atoms with E-state index in [-0.39, 0.29) is 11.8 Å². The van der Waals surface area contributed by atoms with E-state index in [9.17, 15) is 9.59 Å². The number of nitrogens with one attached hydrogen (secondary N) is 2. The minimum absolute atomic E-state index is 0.0334. The molecule has 0 aliphatic carbocycles. The molecule has 0 radical (unpaired) electrons. The van der Waals surface area contributed by atoms with E-state index in [4.69, 9.17) is 7.10 Å². The van der Waals surface area contributed by atoms with Crippen molar-refractivity contribution in [2.24, 2.45) is 11.7 Å². The highest BCUT2D eigenvalue weighted by molar-refractivity contribution is 5.87. The highest BCUT2D eigenvalue weighted by Gasteiger charge is 2.21. The van der Waals surface area contributed by atoms with Crippen molar-refractivity contribution in [3.63, 3.8) is 0 Å². The number of amides is 2. The Morgan fingerprint density at radius 1 is 1.00 bits per heavy atom. The fourth-order valence-electron chi connectivity index (χ4n) is 2.81. The van der Waals surface area contributed by atoms with Crippen LogP contribution in [0.3, 0.4) is 0 Å². The average molecular weight is 357 g/mol. The van der Waals surface area contributed by atoms with E-state index in [0.29, 0.717) is 38.7 Å². The number of rotatable bonds is 16. The van der Waals surface area contributed by atoms with E-state index in [1.807, 2.05) is 13.8 Å². The summed E-state index contributed by atoms with van der Waals surface area (Å²) in [4.78, 5) is 24.2. The Morgan fingerprint density at radius 2 is 1.60 bits per heavy atom. The van der Waals surface area contributed by atoms with Crippen LogP contribution in [-0.2, 0) is 9.59 Å². The lowest BCUT2D eigenvalue weighted by molar-refractivity contribution is -0.129. The van der Waals surface area contributed by atoms with Gasteiger partial charge in [0, 0.05) is 20.9 Å². The minimum Gasteiger partial charge on any atom is -0.353 e. The van der Waals surface area contributed by atoms with Crippen LogP contribution in [0.15, 0.2) is 0 Å². The Bertz CT molecular complexity index is 365. The van der Waals surface area contributed by atoms with Crippen LogP contribution in [0.2, 0.25) is 0 Å². The summed E-state index contributed by atoms with van der Waals surface area (Å²) < 4.78 is 7.10. The van der Waals surface area contributed by atoms with E-state index in [1.54, 1.807) is 0 Å². The summed E-state index contributed by atoms with van der Waals surface area (Å²) in [6, 6.07) is -0.460. The molecule has 0 saturated heterocycles. The topological polar surface area (TPSA) is 84.2 Å². The Balaban J connectivity index is 3.83. The molecule has 2 amide bonds. The zero-order valence-corrected chi connectivity index (χ0v) is 16.4. The highest BCUT2D eigenvalue weighted by Crippen LogP contribution is 2.11. The summed E-state index contributed by atoms with van der Waals surface area (Å²) in [6.07, 6.45) is 11.4. The molecule has 0 rings (SSSR count). The van der Waals surface area contributed by atoms with E-state index >= 15 is 0 Å². The van der Waals surface area contributed by atoms with Crippen molar-refractivity contribution in [1.82, 2.24) is 10.6 Å². The molecule has 25 heavy (non-hydrogen) atoms. The summed E-state index contributed by atoms with van der Waals surface area (Å²) in [5.41, 5.74) is 5.42. The molecule has 0 aliphatic heterocycles. The summed E-state index contributed by atoms with van der Waals surface area (Å²) in [7, 11) is 0. The standard InChI is InChI=1S/C20H41N3O2/c1-4-5-6-7-8-9-10-11-12-13-19(24)23-18(16-17(2)3)20(25)22-15-14-21/h17-18H,4-16,21H2,1-3H3,(H,22,25)(H,23,24)/t18-/m0/s1/i1D. The van der Waals surface area contributed by atoms with Crippen molar-refractivity contribution < 1.29 is 11.0 Å². The van der Waals surface area contributed by atoms with Crippen molar-refractivity contribution in [2.75, 3.05) is 13.1 Å². The van der Waals surface area contributed by atoms with Gasteiger partial charge in [-0.1, -0.05) is 72.1 Å². The molecular weight excluding hydrogens is 314 g/mol. The van der Waals surface area contributed by atoms with Gasteiger partial charge in [-0.25, -0.2) is 0 Å². The van der Waals surface area contributed by atoms with Gasteiger partial charge in [0.25, 0.3) is 0 Å². The Kier molecular flexibility index (Phi) is 14.4. The molecule has 4 N–H and O–H groups in total. The second-order valence-electron chi connectivity index (χ2n) is 7.26. The maximum Gasteiger partial charge on any atom is 0.242 e. The van der Waals surface area contributed by atoms with Crippen LogP contribution < -0.4 is 16.4 Å². The van der Waals surface area contributed by atoms with Crippen molar-refractivity contribution in [3.8, 4) is 0 Å². The van der Waals surface area contributed by atoms with E-state index in [2.05, 4.69) is 10.6 Å². The van der Waals surface area contributed by atoms with Gasteiger partial charge in [-0.2, -0.15) is 0 Å². The van der Waals surface area contributed by atoms with E-state index in [0.717, 1.165) is 25.7 Å². The molecule has 0 aliphatic rings. The molecular formula is C20H41N3O2. The van der Waals surface area contributed by atoms with Gasteiger partial charge in [0.1, 0.15) is 6.04 Å². The molecule has 148 valence electrons. The highest BCUT2D eigenvalue weighted by atomic mass is 16.2. The lowest BCUT2D eigenvalue weighted by atomic mass is 10.0. The van der Waals surface area contributed by atoms with Crippen LogP contribution >= 0.6 is 0 Å². The molecule has 0 fully saturated rings. The van der Waals surface area contributed by atoms with Gasteiger partial charge in [0.2, 0.25) is 11.8 Å².